The number of nitrogens with zero attached hydrogens (tertiary/aromatic N) is 2. The number of hydrogen-bond donors (Lipinski definition) is 0. The summed E-state index contributed by atoms with van der Waals surface area (Å²) in [6.07, 6.45) is 5.74. The van der Waals surface area contributed by atoms with Gasteiger partial charge in [0.2, 0.25) is 0 Å². The Morgan fingerprint density at radius 2 is 1.95 bits per heavy atom. The van der Waals surface area contributed by atoms with E-state index in [4.69, 9.17) is 0 Å². The molecule has 2 bridgehead atoms. The van der Waals surface area contributed by atoms with E-state index in [1.54, 1.807) is 0 Å². The van der Waals surface area contributed by atoms with Crippen molar-refractivity contribution >= 4 is 22.6 Å². The molecule has 3 atom stereocenters. The van der Waals surface area contributed by atoms with Gasteiger partial charge in [0.1, 0.15) is 0 Å². The SMILES string of the molecule is FC(F)CN1[C@@H]2CC[C@H]1CC(c1cncc(I)c1)C2. The summed E-state index contributed by atoms with van der Waals surface area (Å²) in [6, 6.07) is 2.87. The summed E-state index contributed by atoms with van der Waals surface area (Å²) < 4.78 is 26.4. The van der Waals surface area contributed by atoms with Gasteiger partial charge in [-0.25, -0.2) is 8.78 Å². The molecule has 1 aromatic heterocycles. The lowest BCUT2D eigenvalue weighted by Gasteiger charge is -2.38. The van der Waals surface area contributed by atoms with Gasteiger partial charge in [0.25, 0.3) is 6.43 Å². The van der Waals surface area contributed by atoms with Crippen molar-refractivity contribution in [3.63, 3.8) is 0 Å². The lowest BCUT2D eigenvalue weighted by Crippen LogP contribution is -2.44. The van der Waals surface area contributed by atoms with Crippen LogP contribution < -0.4 is 0 Å². The van der Waals surface area contributed by atoms with Crippen molar-refractivity contribution in [1.29, 1.82) is 0 Å². The van der Waals surface area contributed by atoms with E-state index in [0.717, 1.165) is 29.3 Å². The number of piperidine rings is 1. The summed E-state index contributed by atoms with van der Waals surface area (Å²) in [5, 5.41) is 0. The molecule has 2 nitrogen and oxygen atoms in total. The number of aromatic nitrogens is 1. The van der Waals surface area contributed by atoms with Crippen molar-refractivity contribution in [3.05, 3.63) is 27.6 Å². The molecule has 2 aliphatic heterocycles. The highest BCUT2D eigenvalue weighted by Gasteiger charge is 2.41. The zero-order chi connectivity index (χ0) is 13.4. The van der Waals surface area contributed by atoms with Gasteiger partial charge in [0.05, 0.1) is 6.54 Å². The molecule has 0 radical (unpaired) electrons. The molecule has 3 rings (SSSR count). The fourth-order valence-corrected chi connectivity index (χ4v) is 4.18. The van der Waals surface area contributed by atoms with Crippen LogP contribution >= 0.6 is 22.6 Å². The van der Waals surface area contributed by atoms with E-state index in [2.05, 4.69) is 33.6 Å². The third-order valence-corrected chi connectivity index (χ3v) is 5.02. The number of rotatable bonds is 3. The van der Waals surface area contributed by atoms with E-state index in [1.165, 1.54) is 5.56 Å². The van der Waals surface area contributed by atoms with Crippen molar-refractivity contribution in [3.8, 4) is 0 Å². The van der Waals surface area contributed by atoms with Crippen LogP contribution in [0.2, 0.25) is 0 Å². The summed E-state index contributed by atoms with van der Waals surface area (Å²) in [5.41, 5.74) is 1.28. The van der Waals surface area contributed by atoms with Gasteiger partial charge in [-0.1, -0.05) is 0 Å². The van der Waals surface area contributed by atoms with Gasteiger partial charge in [-0.2, -0.15) is 0 Å². The summed E-state index contributed by atoms with van der Waals surface area (Å²) in [4.78, 5) is 6.30. The second kappa shape index (κ2) is 5.60. The molecule has 0 saturated carbocycles. The third-order valence-electron chi connectivity index (χ3n) is 4.43. The highest BCUT2D eigenvalue weighted by atomic mass is 127. The Morgan fingerprint density at radius 1 is 1.26 bits per heavy atom. The second-order valence-electron chi connectivity index (χ2n) is 5.58. The first-order chi connectivity index (χ1) is 9.13. The van der Waals surface area contributed by atoms with Crippen molar-refractivity contribution < 1.29 is 8.78 Å². The van der Waals surface area contributed by atoms with Gasteiger partial charge < -0.3 is 0 Å². The lowest BCUT2D eigenvalue weighted by atomic mass is 9.86. The molecular weight excluding hydrogens is 361 g/mol. The second-order valence-corrected chi connectivity index (χ2v) is 6.82. The van der Waals surface area contributed by atoms with Crippen LogP contribution in [0.1, 0.15) is 37.2 Å². The van der Waals surface area contributed by atoms with Crippen LogP contribution in [0.15, 0.2) is 18.5 Å². The predicted octanol–water partition coefficient (Wildman–Crippen LogP) is 3.66. The van der Waals surface area contributed by atoms with Gasteiger partial charge in [-0.05, 0) is 65.8 Å². The van der Waals surface area contributed by atoms with E-state index in [-0.39, 0.29) is 6.54 Å². The molecule has 5 heteroatoms. The highest BCUT2D eigenvalue weighted by Crippen LogP contribution is 2.43. The van der Waals surface area contributed by atoms with E-state index in [0.29, 0.717) is 18.0 Å². The normalized spacial score (nSPS) is 31.1. The van der Waals surface area contributed by atoms with Crippen molar-refractivity contribution in [2.24, 2.45) is 0 Å². The molecule has 104 valence electrons. The van der Waals surface area contributed by atoms with E-state index in [1.807, 2.05) is 17.3 Å². The lowest BCUT2D eigenvalue weighted by molar-refractivity contribution is 0.0394. The first-order valence-electron chi connectivity index (χ1n) is 6.78. The monoisotopic (exact) mass is 378 g/mol. The molecule has 0 aliphatic carbocycles. The predicted molar refractivity (Wildman–Crippen MR) is 78.4 cm³/mol. The number of hydrogen-bond acceptors (Lipinski definition) is 2. The van der Waals surface area contributed by atoms with Crippen LogP contribution in [-0.4, -0.2) is 34.9 Å². The number of alkyl halides is 2. The maximum atomic E-state index is 12.6. The Balaban J connectivity index is 1.73. The smallest absolute Gasteiger partial charge is 0.251 e. The van der Waals surface area contributed by atoms with Crippen LogP contribution in [0.3, 0.4) is 0 Å². The quantitative estimate of drug-likeness (QED) is 0.747. The zero-order valence-electron chi connectivity index (χ0n) is 10.6. The molecule has 2 saturated heterocycles. The number of halogens is 3. The Labute approximate surface area is 125 Å². The standard InChI is InChI=1S/C14H17F2IN2/c15-14(16)8-19-12-1-2-13(19)5-9(4-12)10-3-11(17)7-18-6-10/h3,6-7,9,12-14H,1-2,4-5,8H2/t9?,12-,13+. The van der Waals surface area contributed by atoms with E-state index < -0.39 is 6.43 Å². The maximum absolute atomic E-state index is 12.6. The van der Waals surface area contributed by atoms with Gasteiger partial charge in [-0.3, -0.25) is 9.88 Å². The number of fused-ring (bicyclic) bond motifs is 2. The molecule has 0 N–H and O–H groups in total. The minimum absolute atomic E-state index is 0.0490. The average Bonchev–Trinajstić information content (AvgIpc) is 2.61. The molecule has 0 spiro atoms. The summed E-state index contributed by atoms with van der Waals surface area (Å²) in [6.45, 7) is -0.0490. The van der Waals surface area contributed by atoms with Crippen molar-refractivity contribution in [2.75, 3.05) is 6.54 Å². The molecule has 2 fully saturated rings. The van der Waals surface area contributed by atoms with Gasteiger partial charge in [0, 0.05) is 28.0 Å². The van der Waals surface area contributed by atoms with Crippen LogP contribution in [0.25, 0.3) is 0 Å². The highest BCUT2D eigenvalue weighted by molar-refractivity contribution is 14.1. The van der Waals surface area contributed by atoms with Gasteiger partial charge in [0.15, 0.2) is 0 Å². The Morgan fingerprint density at radius 3 is 2.53 bits per heavy atom. The molecule has 0 aromatic carbocycles. The van der Waals surface area contributed by atoms with Crippen LogP contribution in [-0.2, 0) is 0 Å². The Kier molecular flexibility index (Phi) is 4.03. The maximum Gasteiger partial charge on any atom is 0.251 e. The summed E-state index contributed by atoms with van der Waals surface area (Å²) >= 11 is 2.28. The fourth-order valence-electron chi connectivity index (χ4n) is 3.66. The van der Waals surface area contributed by atoms with Crippen LogP contribution in [0.5, 0.6) is 0 Å². The first kappa shape index (κ1) is 13.7. The first-order valence-corrected chi connectivity index (χ1v) is 7.85. The minimum atomic E-state index is -2.21. The Hall–Kier alpha value is -0.300. The minimum Gasteiger partial charge on any atom is -0.292 e. The van der Waals surface area contributed by atoms with E-state index in [9.17, 15) is 8.78 Å². The zero-order valence-corrected chi connectivity index (χ0v) is 12.8. The number of pyridine rings is 1. The van der Waals surface area contributed by atoms with Crippen molar-refractivity contribution in [1.82, 2.24) is 9.88 Å². The molecule has 19 heavy (non-hydrogen) atoms. The van der Waals surface area contributed by atoms with Crippen LogP contribution in [0.4, 0.5) is 8.78 Å². The molecule has 2 aliphatic rings. The average molecular weight is 378 g/mol. The van der Waals surface area contributed by atoms with Gasteiger partial charge in [-0.15, -0.1) is 0 Å². The van der Waals surface area contributed by atoms with Crippen molar-refractivity contribution in [2.45, 2.75) is 50.1 Å². The fraction of sp³-hybridized carbons (Fsp3) is 0.643. The molecular formula is C14H17F2IN2. The molecule has 1 aromatic rings. The van der Waals surface area contributed by atoms with Crippen LogP contribution in [0, 0.1) is 3.57 Å². The topological polar surface area (TPSA) is 16.1 Å². The summed E-state index contributed by atoms with van der Waals surface area (Å²) in [7, 11) is 0. The van der Waals surface area contributed by atoms with Gasteiger partial charge >= 0.3 is 0 Å². The summed E-state index contributed by atoms with van der Waals surface area (Å²) in [5.74, 6) is 0.494. The molecule has 1 unspecified atom stereocenters. The van der Waals surface area contributed by atoms with E-state index >= 15 is 0 Å². The molecule has 0 amide bonds. The largest absolute Gasteiger partial charge is 0.292 e. The Bertz CT molecular complexity index is 441. The molecule has 3 heterocycles. The third kappa shape index (κ3) is 2.91.